The molecule has 5 nitrogen and oxygen atoms in total. The van der Waals surface area contributed by atoms with Gasteiger partial charge in [-0.15, -0.1) is 0 Å². The fraction of sp³-hybridized carbons (Fsp3) is 0.188. The van der Waals surface area contributed by atoms with E-state index in [0.717, 1.165) is 27.8 Å². The van der Waals surface area contributed by atoms with E-state index in [1.165, 1.54) is 0 Å². The number of benzene rings is 1. The van der Waals surface area contributed by atoms with Crippen LogP contribution in [0.4, 0.5) is 5.69 Å². The summed E-state index contributed by atoms with van der Waals surface area (Å²) in [5.41, 5.74) is 9.64. The van der Waals surface area contributed by atoms with Crippen molar-refractivity contribution in [1.82, 2.24) is 12.6 Å². The SMILES string of the molecule is [CH2]=[Tl][n]1nc(-c2ccc(OC(C)C)nc2)c2cc(N)ccc21. The van der Waals surface area contributed by atoms with Crippen LogP contribution in [0.25, 0.3) is 22.2 Å². The Bertz CT molecular complexity index is 824. The molecule has 1 aromatic carbocycles. The summed E-state index contributed by atoms with van der Waals surface area (Å²) < 4.78 is 11.8. The van der Waals surface area contributed by atoms with E-state index in [0.29, 0.717) is 5.88 Å². The summed E-state index contributed by atoms with van der Waals surface area (Å²) in [7, 11) is 0. The Morgan fingerprint density at radius 1 is 1.27 bits per heavy atom. The molecule has 0 amide bonds. The first-order chi connectivity index (χ1) is 10.6. The van der Waals surface area contributed by atoms with E-state index in [1.54, 1.807) is 6.20 Å². The van der Waals surface area contributed by atoms with Crippen molar-refractivity contribution in [3.05, 3.63) is 36.5 Å². The van der Waals surface area contributed by atoms with E-state index in [-0.39, 0.29) is 6.10 Å². The van der Waals surface area contributed by atoms with Crippen LogP contribution in [0.1, 0.15) is 13.8 Å². The van der Waals surface area contributed by atoms with Crippen LogP contribution in [0.5, 0.6) is 5.88 Å². The third kappa shape index (κ3) is 2.90. The van der Waals surface area contributed by atoms with Crippen LogP contribution in [-0.2, 0) is 0 Å². The molecule has 0 aliphatic carbocycles. The minimum atomic E-state index is -1.30. The number of anilines is 1. The predicted molar refractivity (Wildman–Crippen MR) is 91.4 cm³/mol. The van der Waals surface area contributed by atoms with Crippen molar-refractivity contribution >= 4 is 44.7 Å². The van der Waals surface area contributed by atoms with Gasteiger partial charge in [-0.25, -0.2) is 0 Å². The zero-order chi connectivity index (χ0) is 15.7. The van der Waals surface area contributed by atoms with Gasteiger partial charge in [-0.05, 0) is 0 Å². The molecule has 0 fully saturated rings. The molecular weight excluding hydrogens is 469 g/mol. The van der Waals surface area contributed by atoms with Gasteiger partial charge in [0.25, 0.3) is 0 Å². The summed E-state index contributed by atoms with van der Waals surface area (Å²) in [5.74, 6) is 0.623. The predicted octanol–water partition coefficient (Wildman–Crippen LogP) is 2.37. The van der Waals surface area contributed by atoms with Gasteiger partial charge in [0.1, 0.15) is 0 Å². The second-order valence-electron chi connectivity index (χ2n) is 5.30. The van der Waals surface area contributed by atoms with Crippen molar-refractivity contribution < 1.29 is 4.74 Å². The van der Waals surface area contributed by atoms with Crippen LogP contribution in [-0.4, -0.2) is 46.8 Å². The van der Waals surface area contributed by atoms with Crippen LogP contribution in [0.3, 0.4) is 0 Å². The van der Waals surface area contributed by atoms with Gasteiger partial charge in [0.2, 0.25) is 0 Å². The molecule has 0 saturated carbocycles. The molecule has 3 rings (SSSR count). The molecule has 0 aliphatic rings. The number of ether oxygens (including phenoxy) is 1. The van der Waals surface area contributed by atoms with E-state index in [4.69, 9.17) is 15.6 Å². The van der Waals surface area contributed by atoms with E-state index in [2.05, 4.69) is 11.5 Å². The first-order valence-electron chi connectivity index (χ1n) is 7.12. The number of aromatic nitrogens is 3. The number of pyridine rings is 1. The summed E-state index contributed by atoms with van der Waals surface area (Å²) in [6.45, 7) is 3.96. The summed E-state index contributed by atoms with van der Waals surface area (Å²) in [4.78, 5) is 4.36. The maximum atomic E-state index is 5.93. The molecule has 0 saturated heterocycles. The van der Waals surface area contributed by atoms with Crippen molar-refractivity contribution in [3.63, 3.8) is 0 Å². The van der Waals surface area contributed by atoms with Gasteiger partial charge in [0.15, 0.2) is 0 Å². The average molecular weight is 486 g/mol. The molecule has 3 aromatic rings. The number of hydrogen-bond donors (Lipinski definition) is 1. The van der Waals surface area contributed by atoms with Gasteiger partial charge < -0.3 is 0 Å². The van der Waals surface area contributed by atoms with Gasteiger partial charge in [-0.1, -0.05) is 0 Å². The van der Waals surface area contributed by atoms with Crippen LogP contribution in [0.15, 0.2) is 36.5 Å². The van der Waals surface area contributed by atoms with Gasteiger partial charge in [-0.3, -0.25) is 0 Å². The number of nitrogen functional groups attached to an aromatic ring is 1. The molecule has 0 spiro atoms. The summed E-state index contributed by atoms with van der Waals surface area (Å²) >= 11 is -1.30. The molecule has 0 bridgehead atoms. The fourth-order valence-electron chi connectivity index (χ4n) is 2.34. The molecule has 0 atom stereocenters. The molecule has 0 unspecified atom stereocenters. The van der Waals surface area contributed by atoms with Crippen molar-refractivity contribution in [2.24, 2.45) is 0 Å². The summed E-state index contributed by atoms with van der Waals surface area (Å²) in [5, 5.41) is 5.77. The van der Waals surface area contributed by atoms with Gasteiger partial charge in [0.05, 0.1) is 0 Å². The van der Waals surface area contributed by atoms with Crippen molar-refractivity contribution in [2.75, 3.05) is 5.73 Å². The van der Waals surface area contributed by atoms with Crippen LogP contribution >= 0.6 is 0 Å². The Hall–Kier alpha value is -1.77. The van der Waals surface area contributed by atoms with E-state index >= 15 is 0 Å². The van der Waals surface area contributed by atoms with Crippen LogP contribution in [0.2, 0.25) is 0 Å². The first kappa shape index (κ1) is 15.1. The zero-order valence-corrected chi connectivity index (χ0v) is 17.1. The zero-order valence-electron chi connectivity index (χ0n) is 12.7. The van der Waals surface area contributed by atoms with Crippen LogP contribution in [0, 0.1) is 0 Å². The number of rotatable bonds is 4. The van der Waals surface area contributed by atoms with E-state index in [9.17, 15) is 0 Å². The molecular formula is C16H17N4OTl. The summed E-state index contributed by atoms with van der Waals surface area (Å²) in [6, 6.07) is 9.75. The minimum absolute atomic E-state index is 0.110. The maximum absolute atomic E-state index is 5.93. The number of fused-ring (bicyclic) bond motifs is 1. The molecule has 22 heavy (non-hydrogen) atoms. The second kappa shape index (κ2) is 6.15. The average Bonchev–Trinajstić information content (AvgIpc) is 2.85. The number of hydrogen-bond acceptors (Lipinski definition) is 4. The molecule has 2 aromatic heterocycles. The standard InChI is InChI=1S/C15H15N4O.CH2.Tl/c1-9(2)20-14-6-3-10(8-17-14)15-12-7-11(16)4-5-13(12)18-19-15;;/h3-9H,16H2,1-2H3;1H2;/q-1;;+1. The van der Waals surface area contributed by atoms with Crippen LogP contribution < -0.4 is 10.5 Å². The Labute approximate surface area is 141 Å². The van der Waals surface area contributed by atoms with Crippen molar-refractivity contribution in [1.29, 1.82) is 0 Å². The summed E-state index contributed by atoms with van der Waals surface area (Å²) in [6.07, 6.45) is 1.91. The number of nitrogens with zero attached hydrogens (tertiary/aromatic N) is 3. The molecule has 0 radical (unpaired) electrons. The molecule has 2 heterocycles. The monoisotopic (exact) mass is 486 g/mol. The molecule has 6 heteroatoms. The third-order valence-corrected chi connectivity index (χ3v) is 6.14. The van der Waals surface area contributed by atoms with E-state index in [1.807, 2.05) is 44.2 Å². The first-order valence-corrected chi connectivity index (χ1v) is 12.3. The Morgan fingerprint density at radius 3 is 2.73 bits per heavy atom. The van der Waals surface area contributed by atoms with E-state index < -0.39 is 24.0 Å². The molecule has 0 aliphatic heterocycles. The molecule has 2 N–H and O–H groups in total. The van der Waals surface area contributed by atoms with Gasteiger partial charge >= 0.3 is 141 Å². The molecule has 110 valence electrons. The topological polar surface area (TPSA) is 66.0 Å². The Morgan fingerprint density at radius 2 is 2.09 bits per heavy atom. The third-order valence-electron chi connectivity index (χ3n) is 3.27. The second-order valence-corrected chi connectivity index (χ2v) is 8.63. The van der Waals surface area contributed by atoms with Gasteiger partial charge in [0, 0.05) is 0 Å². The quantitative estimate of drug-likeness (QED) is 0.455. The van der Waals surface area contributed by atoms with Crippen molar-refractivity contribution in [2.45, 2.75) is 20.0 Å². The normalized spacial score (nSPS) is 10.9. The fourth-order valence-corrected chi connectivity index (χ4v) is 4.75. The van der Waals surface area contributed by atoms with Gasteiger partial charge in [-0.2, -0.15) is 0 Å². The number of nitrogens with two attached hydrogens (primary N) is 1. The van der Waals surface area contributed by atoms with Crippen molar-refractivity contribution in [3.8, 4) is 17.1 Å². The Balaban J connectivity index is 2.09. The Kier molecular flexibility index (Phi) is 4.23.